The van der Waals surface area contributed by atoms with Crippen molar-refractivity contribution in [2.45, 2.75) is 37.2 Å². The number of nitrogens with one attached hydrogen (secondary N) is 1. The molecule has 0 fully saturated rings. The number of azo groups is 1. The number of hydrogen-bond donors (Lipinski definition) is 2. The van der Waals surface area contributed by atoms with Crippen LogP contribution in [0.2, 0.25) is 0 Å². The number of nitrogens with zero attached hydrogens (tertiary/aromatic N) is 3. The molecule has 1 aliphatic heterocycles. The number of hydrogen-bond acceptors (Lipinski definition) is 6. The number of aryl methyl sites for hydroxylation is 1. The lowest BCUT2D eigenvalue weighted by Crippen LogP contribution is -2.11. The molecule has 2 N–H and O–H groups in total. The minimum Gasteiger partial charge on any atom is -0.481 e. The molecular formula is C21H22N4O3S. The molecule has 0 aromatic heterocycles. The highest BCUT2D eigenvalue weighted by Crippen LogP contribution is 2.21. The van der Waals surface area contributed by atoms with Gasteiger partial charge in [-0.2, -0.15) is 5.11 Å². The quantitative estimate of drug-likeness (QED) is 0.587. The molecule has 0 radical (unpaired) electrons. The molecule has 150 valence electrons. The van der Waals surface area contributed by atoms with Gasteiger partial charge in [-0.05, 0) is 54.8 Å². The summed E-state index contributed by atoms with van der Waals surface area (Å²) < 4.78 is 0. The molecule has 8 heteroatoms. The summed E-state index contributed by atoms with van der Waals surface area (Å²) in [5.74, 6) is 0.379. The van der Waals surface area contributed by atoms with E-state index in [4.69, 9.17) is 5.11 Å². The molecule has 1 amide bonds. The minimum atomic E-state index is -0.824. The molecule has 0 saturated heterocycles. The number of carbonyl (C=O) groups is 2. The van der Waals surface area contributed by atoms with Gasteiger partial charge in [0.1, 0.15) is 0 Å². The smallest absolute Gasteiger partial charge is 0.303 e. The lowest BCUT2D eigenvalue weighted by molar-refractivity contribution is -0.136. The Morgan fingerprint density at radius 3 is 2.45 bits per heavy atom. The fourth-order valence-electron chi connectivity index (χ4n) is 2.66. The molecular weight excluding hydrogens is 388 g/mol. The van der Waals surface area contributed by atoms with Gasteiger partial charge in [0.15, 0.2) is 12.0 Å². The highest BCUT2D eigenvalue weighted by Gasteiger charge is 2.12. The van der Waals surface area contributed by atoms with Crippen molar-refractivity contribution < 1.29 is 14.7 Å². The minimum absolute atomic E-state index is 0.0390. The second-order valence-corrected chi connectivity index (χ2v) is 7.56. The first-order valence-electron chi connectivity index (χ1n) is 9.36. The average molecular weight is 410 g/mol. The molecule has 0 spiro atoms. The van der Waals surface area contributed by atoms with Crippen molar-refractivity contribution in [3.8, 4) is 0 Å². The van der Waals surface area contributed by atoms with Crippen LogP contribution in [0.5, 0.6) is 0 Å². The number of amidine groups is 1. The second-order valence-electron chi connectivity index (χ2n) is 6.51. The third-order valence-corrected chi connectivity index (χ3v) is 5.30. The van der Waals surface area contributed by atoms with Gasteiger partial charge in [0, 0.05) is 22.6 Å². The summed E-state index contributed by atoms with van der Waals surface area (Å²) in [6.45, 7) is 2.03. The van der Waals surface area contributed by atoms with E-state index in [9.17, 15) is 9.59 Å². The van der Waals surface area contributed by atoms with Crippen molar-refractivity contribution in [3.63, 3.8) is 0 Å². The molecule has 0 aliphatic carbocycles. The number of carboxylic acids is 1. The monoisotopic (exact) mass is 410 g/mol. The second kappa shape index (κ2) is 9.97. The van der Waals surface area contributed by atoms with Gasteiger partial charge < -0.3 is 10.4 Å². The summed E-state index contributed by atoms with van der Waals surface area (Å²) in [7, 11) is 0. The summed E-state index contributed by atoms with van der Waals surface area (Å²) in [5.41, 5.74) is 2.15. The number of benzene rings is 2. The number of thioether (sulfide) groups is 1. The van der Waals surface area contributed by atoms with Gasteiger partial charge in [-0.3, -0.25) is 9.59 Å². The van der Waals surface area contributed by atoms with Crippen LogP contribution in [0.25, 0.3) is 0 Å². The van der Waals surface area contributed by atoms with Gasteiger partial charge in [-0.25, -0.2) is 4.99 Å². The Kier molecular flexibility index (Phi) is 7.13. The Labute approximate surface area is 173 Å². The molecule has 29 heavy (non-hydrogen) atoms. The van der Waals surface area contributed by atoms with E-state index in [2.05, 4.69) is 20.5 Å². The number of amides is 1. The van der Waals surface area contributed by atoms with Crippen molar-refractivity contribution in [1.29, 1.82) is 0 Å². The predicted octanol–water partition coefficient (Wildman–Crippen LogP) is 4.65. The highest BCUT2D eigenvalue weighted by atomic mass is 32.2. The maximum atomic E-state index is 12.4. The van der Waals surface area contributed by atoms with Crippen molar-refractivity contribution in [2.75, 3.05) is 11.1 Å². The summed E-state index contributed by atoms with van der Waals surface area (Å²) in [6, 6.07) is 14.6. The summed E-state index contributed by atoms with van der Waals surface area (Å²) in [5, 5.41) is 19.7. The Morgan fingerprint density at radius 1 is 1.10 bits per heavy atom. The van der Waals surface area contributed by atoms with Crippen LogP contribution in [-0.2, 0) is 11.2 Å². The number of aliphatic carboxylic acids is 1. The van der Waals surface area contributed by atoms with Crippen molar-refractivity contribution in [2.24, 2.45) is 15.2 Å². The van der Waals surface area contributed by atoms with Gasteiger partial charge in [-0.15, -0.1) is 16.9 Å². The van der Waals surface area contributed by atoms with E-state index in [1.54, 1.807) is 36.0 Å². The van der Waals surface area contributed by atoms with Crippen molar-refractivity contribution in [1.82, 2.24) is 0 Å². The number of anilines is 1. The van der Waals surface area contributed by atoms with Gasteiger partial charge >= 0.3 is 5.97 Å². The van der Waals surface area contributed by atoms with Gasteiger partial charge in [0.2, 0.25) is 0 Å². The SMILES string of the molecule is CC[C@H]1N=NC(CSc2ccc(C(=O)Nc3ccc(CCC(=O)O)cc3)cc2)=N1. The van der Waals surface area contributed by atoms with Crippen LogP contribution in [0.4, 0.5) is 5.69 Å². The average Bonchev–Trinajstić information content (AvgIpc) is 3.20. The van der Waals surface area contributed by atoms with Crippen LogP contribution in [0.1, 0.15) is 35.7 Å². The van der Waals surface area contributed by atoms with E-state index in [1.165, 1.54) is 0 Å². The zero-order valence-electron chi connectivity index (χ0n) is 16.0. The van der Waals surface area contributed by atoms with E-state index in [1.807, 2.05) is 31.2 Å². The van der Waals surface area contributed by atoms with E-state index >= 15 is 0 Å². The lowest BCUT2D eigenvalue weighted by atomic mass is 10.1. The molecule has 1 atom stereocenters. The fraction of sp³-hybridized carbons (Fsp3) is 0.286. The molecule has 2 aromatic rings. The lowest BCUT2D eigenvalue weighted by Gasteiger charge is -2.07. The van der Waals surface area contributed by atoms with Crippen LogP contribution >= 0.6 is 11.8 Å². The number of carboxylic acid groups (broad SMARTS) is 1. The van der Waals surface area contributed by atoms with E-state index in [0.717, 1.165) is 22.7 Å². The zero-order chi connectivity index (χ0) is 20.6. The Bertz CT molecular complexity index is 924. The molecule has 7 nitrogen and oxygen atoms in total. The Morgan fingerprint density at radius 2 is 1.83 bits per heavy atom. The highest BCUT2D eigenvalue weighted by molar-refractivity contribution is 8.00. The molecule has 1 heterocycles. The van der Waals surface area contributed by atoms with Crippen molar-refractivity contribution in [3.05, 3.63) is 59.7 Å². The molecule has 0 saturated carbocycles. The van der Waals surface area contributed by atoms with Crippen LogP contribution in [0.15, 0.2) is 68.6 Å². The number of carbonyl (C=O) groups excluding carboxylic acids is 1. The van der Waals surface area contributed by atoms with Crippen molar-refractivity contribution >= 4 is 35.2 Å². The molecule has 0 unspecified atom stereocenters. The first-order valence-corrected chi connectivity index (χ1v) is 10.3. The zero-order valence-corrected chi connectivity index (χ0v) is 16.9. The molecule has 0 bridgehead atoms. The summed E-state index contributed by atoms with van der Waals surface area (Å²) >= 11 is 1.60. The third kappa shape index (κ3) is 6.25. The maximum Gasteiger partial charge on any atom is 0.303 e. The maximum absolute atomic E-state index is 12.4. The summed E-state index contributed by atoms with van der Waals surface area (Å²) in [6.07, 6.45) is 1.37. The van der Waals surface area contributed by atoms with E-state index in [0.29, 0.717) is 23.4 Å². The van der Waals surface area contributed by atoms with Crippen LogP contribution in [0.3, 0.4) is 0 Å². The number of rotatable bonds is 9. The Balaban J connectivity index is 1.51. The van der Waals surface area contributed by atoms with E-state index < -0.39 is 5.97 Å². The fourth-order valence-corrected chi connectivity index (χ4v) is 3.41. The van der Waals surface area contributed by atoms with Gasteiger partial charge in [-0.1, -0.05) is 19.1 Å². The molecule has 1 aliphatic rings. The summed E-state index contributed by atoms with van der Waals surface area (Å²) in [4.78, 5) is 28.5. The Hall–Kier alpha value is -3.00. The standard InChI is InChI=1S/C21H22N4O3S/c1-2-18-23-19(25-24-18)13-29-17-10-6-15(7-11-17)21(28)22-16-8-3-14(4-9-16)5-12-20(26)27/h3-4,6-11,18H,2,5,12-13H2,1H3,(H,22,28)(H,26,27)/t18-/m1/s1. The predicted molar refractivity (Wildman–Crippen MR) is 114 cm³/mol. The first-order chi connectivity index (χ1) is 14.0. The van der Waals surface area contributed by atoms with Gasteiger partial charge in [0.05, 0.1) is 5.75 Å². The normalized spacial score (nSPS) is 15.2. The van der Waals surface area contributed by atoms with Crippen LogP contribution in [-0.4, -0.2) is 34.7 Å². The molecule has 2 aromatic carbocycles. The van der Waals surface area contributed by atoms with Crippen LogP contribution in [0, 0.1) is 0 Å². The largest absolute Gasteiger partial charge is 0.481 e. The van der Waals surface area contributed by atoms with Gasteiger partial charge in [0.25, 0.3) is 5.91 Å². The third-order valence-electron chi connectivity index (χ3n) is 4.29. The first kappa shape index (κ1) is 20.7. The topological polar surface area (TPSA) is 103 Å². The molecule has 3 rings (SSSR count). The van der Waals surface area contributed by atoms with E-state index in [-0.39, 0.29) is 18.5 Å². The number of aliphatic imine (C=N–C) groups is 1. The van der Waals surface area contributed by atoms with Crippen LogP contribution < -0.4 is 5.32 Å².